The van der Waals surface area contributed by atoms with Crippen molar-refractivity contribution in [1.82, 2.24) is 9.97 Å². The number of nitrogens with zero attached hydrogens (tertiary/aromatic N) is 2. The molecule has 6 heteroatoms. The molecule has 188 valence electrons. The normalized spacial score (nSPS) is 11.2. The molecule has 6 rings (SSSR count). The van der Waals surface area contributed by atoms with Gasteiger partial charge in [0.05, 0.1) is 10.7 Å². The Bertz CT molecular complexity index is 1470. The van der Waals surface area contributed by atoms with E-state index < -0.39 is 7.26 Å². The Morgan fingerprint density at radius 3 is 1.58 bits per heavy atom. The summed E-state index contributed by atoms with van der Waals surface area (Å²) in [4.78, 5) is 10.1. The highest BCUT2D eigenvalue weighted by atomic mass is 127. The summed E-state index contributed by atoms with van der Waals surface area (Å²) >= 11 is 3.41. The molecule has 0 aliphatic rings. The minimum absolute atomic E-state index is 0. The summed E-state index contributed by atoms with van der Waals surface area (Å²) in [6, 6.07) is 43.5. The Hall–Kier alpha value is -2.70. The predicted molar refractivity (Wildman–Crippen MR) is 161 cm³/mol. The minimum atomic E-state index is -1.97. The van der Waals surface area contributed by atoms with E-state index >= 15 is 0 Å². The summed E-state index contributed by atoms with van der Waals surface area (Å²) < 4.78 is 0. The number of halogens is 1. The van der Waals surface area contributed by atoms with Crippen LogP contribution in [0.3, 0.4) is 0 Å². The number of hydrogen-bond donors (Lipinski definition) is 0. The van der Waals surface area contributed by atoms with Crippen LogP contribution in [0.15, 0.2) is 132 Å². The Balaban J connectivity index is 0.00000294. The molecule has 2 aromatic heterocycles. The topological polar surface area (TPSA) is 25.8 Å². The van der Waals surface area contributed by atoms with Gasteiger partial charge in [0.25, 0.3) is 0 Å². The maximum Gasteiger partial charge on any atom is 0.143 e. The zero-order valence-corrected chi connectivity index (χ0v) is 25.3. The van der Waals surface area contributed by atoms with Gasteiger partial charge in [-0.05, 0) is 42.0 Å². The van der Waals surface area contributed by atoms with Crippen molar-refractivity contribution in [1.29, 1.82) is 0 Å². The molecule has 0 saturated heterocycles. The van der Waals surface area contributed by atoms with Gasteiger partial charge >= 0.3 is 0 Å². The summed E-state index contributed by atoms with van der Waals surface area (Å²) in [5, 5.41) is 10.6. The molecule has 6 aromatic rings. The second-order valence-electron chi connectivity index (χ2n) is 8.91. The monoisotopic (exact) mass is 660 g/mol. The summed E-state index contributed by atoms with van der Waals surface area (Å²) in [7, 11) is -1.97. The fourth-order valence-electron chi connectivity index (χ4n) is 4.77. The van der Waals surface area contributed by atoms with E-state index in [-0.39, 0.29) is 24.0 Å². The van der Waals surface area contributed by atoms with Crippen LogP contribution in [0, 0.1) is 0 Å². The molecule has 0 spiro atoms. The van der Waals surface area contributed by atoms with Crippen LogP contribution in [0.2, 0.25) is 0 Å². The van der Waals surface area contributed by atoms with Crippen LogP contribution in [0.4, 0.5) is 0 Å². The Labute approximate surface area is 249 Å². The van der Waals surface area contributed by atoms with Crippen LogP contribution >= 0.6 is 29.9 Å². The SMILES string of the molecule is [I-].c1ccc(Cc2nc(-c3nc(C[P+](c4ccccc4)(c4ccccc4)c4ccccc4)cs3)cs2)cc1. The molecule has 0 radical (unpaired) electrons. The van der Waals surface area contributed by atoms with E-state index in [2.05, 4.69) is 132 Å². The van der Waals surface area contributed by atoms with Crippen LogP contribution in [0.5, 0.6) is 0 Å². The predicted octanol–water partition coefficient (Wildman–Crippen LogP) is 4.36. The van der Waals surface area contributed by atoms with E-state index in [1.807, 2.05) is 0 Å². The first-order valence-electron chi connectivity index (χ1n) is 12.3. The zero-order valence-electron chi connectivity index (χ0n) is 20.7. The largest absolute Gasteiger partial charge is 1.00 e. The lowest BCUT2D eigenvalue weighted by Crippen LogP contribution is -3.00. The molecule has 0 bridgehead atoms. The van der Waals surface area contributed by atoms with Crippen LogP contribution in [0.1, 0.15) is 16.3 Å². The van der Waals surface area contributed by atoms with Crippen molar-refractivity contribution in [3.05, 3.63) is 148 Å². The fraction of sp³-hybridized carbons (Fsp3) is 0.0625. The summed E-state index contributed by atoms with van der Waals surface area (Å²) in [6.45, 7) is 0. The molecule has 0 aliphatic heterocycles. The smallest absolute Gasteiger partial charge is 0.143 e. The number of rotatable bonds is 8. The molecule has 0 saturated carbocycles. The molecular weight excluding hydrogens is 634 g/mol. The molecule has 0 aliphatic carbocycles. The zero-order chi connectivity index (χ0) is 24.9. The highest BCUT2D eigenvalue weighted by Crippen LogP contribution is 2.58. The summed E-state index contributed by atoms with van der Waals surface area (Å²) in [5.74, 6) is 0. The van der Waals surface area contributed by atoms with Crippen molar-refractivity contribution in [3.63, 3.8) is 0 Å². The third-order valence-electron chi connectivity index (χ3n) is 6.51. The number of aromatic nitrogens is 2. The first-order valence-corrected chi connectivity index (χ1v) is 16.0. The van der Waals surface area contributed by atoms with Crippen molar-refractivity contribution in [2.45, 2.75) is 12.6 Å². The van der Waals surface area contributed by atoms with Gasteiger partial charge in [-0.3, -0.25) is 0 Å². The van der Waals surface area contributed by atoms with Gasteiger partial charge in [0.2, 0.25) is 0 Å². The van der Waals surface area contributed by atoms with E-state index in [0.717, 1.165) is 34.0 Å². The first kappa shape index (κ1) is 26.9. The van der Waals surface area contributed by atoms with E-state index in [0.29, 0.717) is 0 Å². The molecule has 0 amide bonds. The van der Waals surface area contributed by atoms with Gasteiger partial charge < -0.3 is 24.0 Å². The van der Waals surface area contributed by atoms with Crippen LogP contribution < -0.4 is 39.9 Å². The highest BCUT2D eigenvalue weighted by Gasteiger charge is 2.46. The van der Waals surface area contributed by atoms with Gasteiger partial charge in [-0.15, -0.1) is 22.7 Å². The molecule has 0 N–H and O–H groups in total. The van der Waals surface area contributed by atoms with Gasteiger partial charge in [-0.25, -0.2) is 9.97 Å². The van der Waals surface area contributed by atoms with Gasteiger partial charge in [-0.2, -0.15) is 0 Å². The highest BCUT2D eigenvalue weighted by molar-refractivity contribution is 7.95. The lowest BCUT2D eigenvalue weighted by Gasteiger charge is -2.27. The van der Waals surface area contributed by atoms with Crippen molar-refractivity contribution in [2.24, 2.45) is 0 Å². The standard InChI is InChI=1S/C32H26N2PS2.HI/c1-5-13-25(14-6-1)21-31-34-30(24-36-31)32-33-26(23-37-32)22-35(27-15-7-2-8-16-27,28-17-9-3-10-18-28)29-19-11-4-12-20-29;/h1-20,23-24H,21-22H2;1H/q+1;/p-1. The summed E-state index contributed by atoms with van der Waals surface area (Å²) in [5.41, 5.74) is 3.39. The lowest BCUT2D eigenvalue weighted by molar-refractivity contribution is -0.00000720. The van der Waals surface area contributed by atoms with Gasteiger partial charge in [0, 0.05) is 17.2 Å². The second kappa shape index (κ2) is 12.4. The van der Waals surface area contributed by atoms with E-state index in [9.17, 15) is 0 Å². The maximum absolute atomic E-state index is 5.15. The average molecular weight is 661 g/mol. The van der Waals surface area contributed by atoms with Crippen molar-refractivity contribution in [2.75, 3.05) is 0 Å². The quantitative estimate of drug-likeness (QED) is 0.179. The van der Waals surface area contributed by atoms with E-state index in [1.165, 1.54) is 21.5 Å². The van der Waals surface area contributed by atoms with Crippen molar-refractivity contribution in [3.8, 4) is 10.7 Å². The molecule has 38 heavy (non-hydrogen) atoms. The maximum atomic E-state index is 5.15. The Morgan fingerprint density at radius 1 is 0.553 bits per heavy atom. The number of thiazole rings is 2. The molecule has 0 fully saturated rings. The summed E-state index contributed by atoms with van der Waals surface area (Å²) in [6.07, 6.45) is 1.73. The Morgan fingerprint density at radius 2 is 1.05 bits per heavy atom. The number of benzene rings is 4. The first-order chi connectivity index (χ1) is 18.3. The van der Waals surface area contributed by atoms with Crippen molar-refractivity contribution < 1.29 is 24.0 Å². The molecule has 0 atom stereocenters. The molecule has 2 heterocycles. The second-order valence-corrected chi connectivity index (χ2v) is 14.2. The third-order valence-corrected chi connectivity index (χ3v) is 12.6. The number of hydrogen-bond acceptors (Lipinski definition) is 4. The van der Waals surface area contributed by atoms with Crippen molar-refractivity contribution >= 4 is 45.8 Å². The van der Waals surface area contributed by atoms with E-state index in [1.54, 1.807) is 22.7 Å². The van der Waals surface area contributed by atoms with Gasteiger partial charge in [0.15, 0.2) is 0 Å². The van der Waals surface area contributed by atoms with Crippen LogP contribution in [-0.4, -0.2) is 9.97 Å². The molecule has 4 aromatic carbocycles. The lowest BCUT2D eigenvalue weighted by atomic mass is 10.2. The molecule has 0 unspecified atom stereocenters. The Kier molecular flexibility index (Phi) is 8.80. The minimum Gasteiger partial charge on any atom is -1.00 e. The molecular formula is C32H26IN2PS2. The van der Waals surface area contributed by atoms with Crippen LogP contribution in [0.25, 0.3) is 10.7 Å². The average Bonchev–Trinajstić information content (AvgIpc) is 3.63. The van der Waals surface area contributed by atoms with E-state index in [4.69, 9.17) is 9.97 Å². The molecule has 2 nitrogen and oxygen atoms in total. The fourth-order valence-corrected chi connectivity index (χ4v) is 10.7. The van der Waals surface area contributed by atoms with Crippen LogP contribution in [-0.2, 0) is 12.6 Å². The third kappa shape index (κ3) is 5.67. The van der Waals surface area contributed by atoms with Gasteiger partial charge in [-0.1, -0.05) is 84.9 Å². The van der Waals surface area contributed by atoms with Gasteiger partial charge in [0.1, 0.15) is 40.0 Å².